The smallest absolute Gasteiger partial charge is 0.126 e. The number of amidine groups is 1. The standard InChI is InChI=1S/C23H25N5O3.ClH/c1-2-31-19-12-15(14-27-20-5-3-4-10-26-20)11-17(13-19)21(23(29)30)28-18-8-6-16(7-9-18)22(24)25;/h3-13,21,28H,2,14H2,1H3,(H3,24,25)(H,26,27)(H,29,30);1H/p-1. The molecule has 5 N–H and O–H groups in total. The van der Waals surface area contributed by atoms with Gasteiger partial charge in [0.05, 0.1) is 18.6 Å². The number of ether oxygens (including phenoxy) is 1. The van der Waals surface area contributed by atoms with Crippen molar-refractivity contribution in [1.29, 1.82) is 5.41 Å². The molecule has 0 saturated carbocycles. The van der Waals surface area contributed by atoms with E-state index in [4.69, 9.17) is 15.9 Å². The second kappa shape index (κ2) is 11.6. The van der Waals surface area contributed by atoms with E-state index in [9.17, 15) is 9.90 Å². The lowest BCUT2D eigenvalue weighted by Crippen LogP contribution is -2.34. The zero-order chi connectivity index (χ0) is 22.2. The van der Waals surface area contributed by atoms with Gasteiger partial charge in [0, 0.05) is 24.0 Å². The summed E-state index contributed by atoms with van der Waals surface area (Å²) in [6.07, 6.45) is 1.69. The topological polar surface area (TPSA) is 136 Å². The van der Waals surface area contributed by atoms with Crippen molar-refractivity contribution in [2.24, 2.45) is 5.73 Å². The lowest BCUT2D eigenvalue weighted by molar-refractivity contribution is -0.307. The molecule has 0 amide bonds. The molecule has 168 valence electrons. The number of carbonyl (C=O) groups excluding carboxylic acids is 1. The summed E-state index contributed by atoms with van der Waals surface area (Å²) >= 11 is 0. The van der Waals surface area contributed by atoms with Crippen LogP contribution in [0.25, 0.3) is 0 Å². The van der Waals surface area contributed by atoms with E-state index in [1.54, 1.807) is 42.6 Å². The van der Waals surface area contributed by atoms with Crippen molar-refractivity contribution in [2.75, 3.05) is 17.2 Å². The molecule has 9 heteroatoms. The van der Waals surface area contributed by atoms with Crippen LogP contribution in [-0.2, 0) is 11.3 Å². The molecule has 2 aromatic carbocycles. The van der Waals surface area contributed by atoms with Crippen LogP contribution in [0.2, 0.25) is 0 Å². The minimum atomic E-state index is -1.27. The normalized spacial score (nSPS) is 11.0. The Bertz CT molecular complexity index is 1050. The van der Waals surface area contributed by atoms with Crippen LogP contribution in [0.4, 0.5) is 11.5 Å². The van der Waals surface area contributed by atoms with Gasteiger partial charge in [-0.15, -0.1) is 12.4 Å². The Labute approximate surface area is 192 Å². The third-order valence-corrected chi connectivity index (χ3v) is 4.51. The quantitative estimate of drug-likeness (QED) is 0.273. The number of anilines is 2. The van der Waals surface area contributed by atoms with Crippen LogP contribution in [0.15, 0.2) is 66.9 Å². The SMILES string of the molecule is CCOc1cc(CNc2ccccn2)cc(C(Nc2ccc(C(=N)N)cc2)C(=O)[O-])c1.Cl. The van der Waals surface area contributed by atoms with Crippen molar-refractivity contribution in [3.8, 4) is 5.75 Å². The number of pyridine rings is 1. The molecule has 0 saturated heterocycles. The maximum atomic E-state index is 11.9. The summed E-state index contributed by atoms with van der Waals surface area (Å²) in [6, 6.07) is 16.4. The molecule has 0 spiro atoms. The Morgan fingerprint density at radius 1 is 1.19 bits per heavy atom. The van der Waals surface area contributed by atoms with Crippen molar-refractivity contribution in [3.63, 3.8) is 0 Å². The van der Waals surface area contributed by atoms with Gasteiger partial charge in [-0.05, 0) is 66.6 Å². The summed E-state index contributed by atoms with van der Waals surface area (Å²) in [4.78, 5) is 16.2. The van der Waals surface area contributed by atoms with E-state index in [0.717, 1.165) is 5.56 Å². The summed E-state index contributed by atoms with van der Waals surface area (Å²) in [7, 11) is 0. The molecule has 0 aliphatic heterocycles. The molecule has 1 heterocycles. The zero-order valence-corrected chi connectivity index (χ0v) is 18.3. The number of nitrogens with one attached hydrogen (secondary N) is 3. The van der Waals surface area contributed by atoms with Gasteiger partial charge in [0.1, 0.15) is 17.4 Å². The van der Waals surface area contributed by atoms with Crippen molar-refractivity contribution >= 4 is 35.7 Å². The van der Waals surface area contributed by atoms with Crippen LogP contribution >= 0.6 is 12.4 Å². The number of benzene rings is 2. The summed E-state index contributed by atoms with van der Waals surface area (Å²) in [5, 5.41) is 25.6. The van der Waals surface area contributed by atoms with Gasteiger partial charge in [-0.3, -0.25) is 5.41 Å². The third-order valence-electron chi connectivity index (χ3n) is 4.51. The van der Waals surface area contributed by atoms with Gasteiger partial charge in [0.15, 0.2) is 0 Å². The van der Waals surface area contributed by atoms with Gasteiger partial charge in [0.25, 0.3) is 0 Å². The van der Waals surface area contributed by atoms with E-state index < -0.39 is 12.0 Å². The molecule has 0 radical (unpaired) electrons. The first-order valence-corrected chi connectivity index (χ1v) is 9.79. The summed E-state index contributed by atoms with van der Waals surface area (Å²) in [5.74, 6) is -0.0470. The van der Waals surface area contributed by atoms with Crippen LogP contribution in [0.3, 0.4) is 0 Å². The van der Waals surface area contributed by atoms with E-state index in [0.29, 0.717) is 41.5 Å². The van der Waals surface area contributed by atoms with E-state index >= 15 is 0 Å². The Kier molecular flexibility index (Phi) is 8.85. The van der Waals surface area contributed by atoms with Crippen LogP contribution in [0, 0.1) is 5.41 Å². The number of halogens is 1. The Morgan fingerprint density at radius 2 is 1.94 bits per heavy atom. The molecule has 0 bridgehead atoms. The van der Waals surface area contributed by atoms with E-state index in [1.807, 2.05) is 31.2 Å². The number of nitrogens with two attached hydrogens (primary N) is 1. The number of rotatable bonds is 10. The molecule has 1 atom stereocenters. The molecular formula is C23H25ClN5O3-. The van der Waals surface area contributed by atoms with E-state index in [-0.39, 0.29) is 18.2 Å². The van der Waals surface area contributed by atoms with Crippen LogP contribution < -0.4 is 26.2 Å². The highest BCUT2D eigenvalue weighted by Crippen LogP contribution is 2.26. The second-order valence-electron chi connectivity index (χ2n) is 6.80. The fourth-order valence-electron chi connectivity index (χ4n) is 3.06. The number of carboxylic acid groups (broad SMARTS) is 1. The second-order valence-corrected chi connectivity index (χ2v) is 6.80. The largest absolute Gasteiger partial charge is 0.548 e. The van der Waals surface area contributed by atoms with Crippen molar-refractivity contribution in [1.82, 2.24) is 4.98 Å². The molecule has 3 rings (SSSR count). The van der Waals surface area contributed by atoms with Gasteiger partial charge in [-0.1, -0.05) is 12.1 Å². The molecule has 1 unspecified atom stereocenters. The Morgan fingerprint density at radius 3 is 2.53 bits per heavy atom. The Balaban J connectivity index is 0.00000363. The fraction of sp³-hybridized carbons (Fsp3) is 0.174. The molecular weight excluding hydrogens is 430 g/mol. The van der Waals surface area contributed by atoms with Gasteiger partial charge >= 0.3 is 0 Å². The number of nitrogen functional groups attached to an aromatic ring is 1. The van der Waals surface area contributed by atoms with Gasteiger partial charge in [-0.2, -0.15) is 0 Å². The van der Waals surface area contributed by atoms with E-state index in [2.05, 4.69) is 15.6 Å². The number of nitrogens with zero attached hydrogens (tertiary/aromatic N) is 1. The van der Waals surface area contributed by atoms with Crippen LogP contribution in [0.5, 0.6) is 5.75 Å². The van der Waals surface area contributed by atoms with Gasteiger partial charge < -0.3 is 31.0 Å². The summed E-state index contributed by atoms with van der Waals surface area (Å²) in [6.45, 7) is 2.76. The third kappa shape index (κ3) is 6.61. The van der Waals surface area contributed by atoms with Crippen LogP contribution in [0.1, 0.15) is 29.7 Å². The highest BCUT2D eigenvalue weighted by molar-refractivity contribution is 5.95. The number of aliphatic carboxylic acids is 1. The lowest BCUT2D eigenvalue weighted by Gasteiger charge is -2.23. The lowest BCUT2D eigenvalue weighted by atomic mass is 10.0. The number of aromatic nitrogens is 1. The van der Waals surface area contributed by atoms with Crippen molar-refractivity contribution in [2.45, 2.75) is 19.5 Å². The van der Waals surface area contributed by atoms with Crippen LogP contribution in [-0.4, -0.2) is 23.4 Å². The highest BCUT2D eigenvalue weighted by Gasteiger charge is 2.16. The maximum Gasteiger partial charge on any atom is 0.126 e. The number of carbonyl (C=O) groups is 1. The molecule has 0 aliphatic carbocycles. The number of hydrogen-bond acceptors (Lipinski definition) is 7. The minimum absolute atomic E-state index is 0. The van der Waals surface area contributed by atoms with Crippen molar-refractivity contribution in [3.05, 3.63) is 83.6 Å². The molecule has 8 nitrogen and oxygen atoms in total. The fourth-order valence-corrected chi connectivity index (χ4v) is 3.06. The molecule has 1 aromatic heterocycles. The number of carboxylic acids is 1. The average molecular weight is 455 g/mol. The monoisotopic (exact) mass is 454 g/mol. The first kappa shape index (κ1) is 24.5. The molecule has 32 heavy (non-hydrogen) atoms. The van der Waals surface area contributed by atoms with Gasteiger partial charge in [0.2, 0.25) is 0 Å². The van der Waals surface area contributed by atoms with Gasteiger partial charge in [-0.25, -0.2) is 4.98 Å². The molecule has 0 fully saturated rings. The first-order chi connectivity index (χ1) is 15.0. The predicted molar refractivity (Wildman–Crippen MR) is 125 cm³/mol. The maximum absolute atomic E-state index is 11.9. The highest BCUT2D eigenvalue weighted by atomic mass is 35.5. The summed E-state index contributed by atoms with van der Waals surface area (Å²) < 4.78 is 5.64. The Hall–Kier alpha value is -3.78. The van der Waals surface area contributed by atoms with E-state index in [1.165, 1.54) is 0 Å². The zero-order valence-electron chi connectivity index (χ0n) is 17.5. The predicted octanol–water partition coefficient (Wildman–Crippen LogP) is 2.70. The average Bonchev–Trinajstić information content (AvgIpc) is 2.77. The van der Waals surface area contributed by atoms with Crippen molar-refractivity contribution < 1.29 is 14.6 Å². The summed E-state index contributed by atoms with van der Waals surface area (Å²) in [5.41, 5.74) is 7.93. The minimum Gasteiger partial charge on any atom is -0.548 e. The number of hydrogen-bond donors (Lipinski definition) is 4. The molecule has 0 aliphatic rings. The molecule has 3 aromatic rings. The first-order valence-electron chi connectivity index (χ1n) is 9.79.